The molecule has 11 heavy (non-hydrogen) atoms. The van der Waals surface area contributed by atoms with E-state index in [4.69, 9.17) is 9.84 Å². The van der Waals surface area contributed by atoms with Crippen LogP contribution < -0.4 is 4.74 Å². The molecule has 0 aromatic heterocycles. The van der Waals surface area contributed by atoms with E-state index in [0.717, 1.165) is 0 Å². The molecule has 1 rings (SSSR count). The lowest BCUT2D eigenvalue weighted by Crippen LogP contribution is -1.85. The number of phenolic OH excluding ortho intramolecular Hbond substituents is 2. The molecule has 0 heterocycles. The Bertz CT molecular complexity index is 273. The van der Waals surface area contributed by atoms with Gasteiger partial charge in [-0.05, 0) is 28.7 Å². The Kier molecular flexibility index (Phi) is 2.43. The molecule has 0 unspecified atom stereocenters. The molecule has 0 aliphatic rings. The number of methoxy groups -OCH3 is 1. The van der Waals surface area contributed by atoms with Crippen LogP contribution in [0.2, 0.25) is 0 Å². The fourth-order valence-corrected chi connectivity index (χ4v) is 1.30. The third-order valence-corrected chi connectivity index (χ3v) is 2.06. The van der Waals surface area contributed by atoms with Crippen molar-refractivity contribution < 1.29 is 14.9 Å². The number of hydrogen-bond donors (Lipinski definition) is 2. The average Bonchev–Trinajstić information content (AvgIpc) is 1.96. The molecule has 0 aliphatic carbocycles. The van der Waals surface area contributed by atoms with Crippen LogP contribution >= 0.6 is 22.6 Å². The van der Waals surface area contributed by atoms with Gasteiger partial charge in [-0.1, -0.05) is 0 Å². The Morgan fingerprint density at radius 1 is 1.36 bits per heavy atom. The minimum atomic E-state index is 0.0610. The minimum absolute atomic E-state index is 0.0610. The number of benzene rings is 1. The lowest BCUT2D eigenvalue weighted by Gasteiger charge is -2.04. The molecular weight excluding hydrogens is 259 g/mol. The second-order valence-corrected chi connectivity index (χ2v) is 3.14. The van der Waals surface area contributed by atoms with Gasteiger partial charge in [0.1, 0.15) is 5.75 Å². The van der Waals surface area contributed by atoms with Gasteiger partial charge in [-0.15, -0.1) is 0 Å². The Labute approximate surface area is 77.8 Å². The molecule has 1 aromatic carbocycles. The zero-order valence-electron chi connectivity index (χ0n) is 5.84. The molecule has 1 aromatic rings. The number of phenols is 2. The van der Waals surface area contributed by atoms with Crippen molar-refractivity contribution in [2.45, 2.75) is 0 Å². The Morgan fingerprint density at radius 3 is 2.55 bits per heavy atom. The summed E-state index contributed by atoms with van der Waals surface area (Å²) in [6, 6.07) is 2.82. The maximum absolute atomic E-state index is 9.28. The molecule has 3 nitrogen and oxygen atoms in total. The summed E-state index contributed by atoms with van der Waals surface area (Å²) in [4.78, 5) is 0. The van der Waals surface area contributed by atoms with Gasteiger partial charge in [0.25, 0.3) is 0 Å². The zero-order valence-corrected chi connectivity index (χ0v) is 7.99. The van der Waals surface area contributed by atoms with Crippen molar-refractivity contribution in [2.75, 3.05) is 7.11 Å². The largest absolute Gasteiger partial charge is 0.508 e. The smallest absolute Gasteiger partial charge is 0.171 e. The number of halogens is 1. The van der Waals surface area contributed by atoms with Gasteiger partial charge in [-0.3, -0.25) is 0 Å². The molecule has 0 spiro atoms. The molecule has 4 heteroatoms. The van der Waals surface area contributed by atoms with Crippen LogP contribution in [-0.4, -0.2) is 17.3 Å². The van der Waals surface area contributed by atoms with Gasteiger partial charge in [-0.25, -0.2) is 0 Å². The van der Waals surface area contributed by atoms with E-state index in [2.05, 4.69) is 0 Å². The molecule has 0 fully saturated rings. The van der Waals surface area contributed by atoms with Gasteiger partial charge in [0.05, 0.1) is 10.7 Å². The Balaban J connectivity index is 3.24. The first-order valence-corrected chi connectivity index (χ1v) is 3.98. The molecule has 0 amide bonds. The standard InChI is InChI=1S/C7H7IO3/c1-11-6-3-4(9)2-5(8)7(6)10/h2-3,9-10H,1H3. The highest BCUT2D eigenvalue weighted by Gasteiger charge is 2.06. The summed E-state index contributed by atoms with van der Waals surface area (Å²) in [6.07, 6.45) is 0. The number of aromatic hydroxyl groups is 2. The zero-order chi connectivity index (χ0) is 8.43. The highest BCUT2D eigenvalue weighted by molar-refractivity contribution is 14.1. The van der Waals surface area contributed by atoms with Gasteiger partial charge in [0.15, 0.2) is 11.5 Å². The van der Waals surface area contributed by atoms with Gasteiger partial charge in [0.2, 0.25) is 0 Å². The normalized spacial score (nSPS) is 9.64. The Hall–Kier alpha value is -0.650. The van der Waals surface area contributed by atoms with Crippen molar-refractivity contribution >= 4 is 22.6 Å². The summed E-state index contributed by atoms with van der Waals surface area (Å²) in [5.41, 5.74) is 0. The van der Waals surface area contributed by atoms with E-state index in [1.54, 1.807) is 0 Å². The van der Waals surface area contributed by atoms with Crippen LogP contribution in [-0.2, 0) is 0 Å². The van der Waals surface area contributed by atoms with Crippen LogP contribution in [0.15, 0.2) is 12.1 Å². The maximum atomic E-state index is 9.28. The van der Waals surface area contributed by atoms with E-state index in [1.165, 1.54) is 19.2 Å². The number of ether oxygens (including phenoxy) is 1. The van der Waals surface area contributed by atoms with Crippen LogP contribution in [0.5, 0.6) is 17.2 Å². The second kappa shape index (κ2) is 3.17. The van der Waals surface area contributed by atoms with E-state index in [9.17, 15) is 5.11 Å². The molecule has 0 aliphatic heterocycles. The van der Waals surface area contributed by atoms with E-state index in [0.29, 0.717) is 3.57 Å². The van der Waals surface area contributed by atoms with Crippen molar-refractivity contribution in [3.8, 4) is 17.2 Å². The predicted molar refractivity (Wildman–Crippen MR) is 49.0 cm³/mol. The molecular formula is C7H7IO3. The summed E-state index contributed by atoms with van der Waals surface area (Å²) in [5, 5.41) is 18.3. The van der Waals surface area contributed by atoms with Crippen molar-refractivity contribution in [1.82, 2.24) is 0 Å². The summed E-state index contributed by atoms with van der Waals surface area (Å²) in [6.45, 7) is 0. The summed E-state index contributed by atoms with van der Waals surface area (Å²) < 4.78 is 5.36. The van der Waals surface area contributed by atoms with E-state index in [-0.39, 0.29) is 17.2 Å². The first-order chi connectivity index (χ1) is 5.15. The number of rotatable bonds is 1. The van der Waals surface area contributed by atoms with Crippen LogP contribution in [0.1, 0.15) is 0 Å². The van der Waals surface area contributed by atoms with Crippen LogP contribution in [0.25, 0.3) is 0 Å². The van der Waals surface area contributed by atoms with Crippen LogP contribution in [0, 0.1) is 3.57 Å². The quantitative estimate of drug-likeness (QED) is 0.601. The monoisotopic (exact) mass is 266 g/mol. The first-order valence-electron chi connectivity index (χ1n) is 2.90. The first kappa shape index (κ1) is 8.45. The van der Waals surface area contributed by atoms with Crippen LogP contribution in [0.3, 0.4) is 0 Å². The molecule has 0 atom stereocenters. The third kappa shape index (κ3) is 1.68. The highest BCUT2D eigenvalue weighted by Crippen LogP contribution is 2.34. The molecule has 0 radical (unpaired) electrons. The van der Waals surface area contributed by atoms with E-state index in [1.807, 2.05) is 22.6 Å². The van der Waals surface area contributed by atoms with Gasteiger partial charge in [-0.2, -0.15) is 0 Å². The fraction of sp³-hybridized carbons (Fsp3) is 0.143. The molecule has 0 bridgehead atoms. The third-order valence-electron chi connectivity index (χ3n) is 1.23. The van der Waals surface area contributed by atoms with E-state index >= 15 is 0 Å². The molecule has 0 saturated carbocycles. The predicted octanol–water partition coefficient (Wildman–Crippen LogP) is 1.71. The Morgan fingerprint density at radius 2 is 2.00 bits per heavy atom. The summed E-state index contributed by atoms with van der Waals surface area (Å²) in [7, 11) is 1.44. The van der Waals surface area contributed by atoms with Crippen molar-refractivity contribution in [1.29, 1.82) is 0 Å². The minimum Gasteiger partial charge on any atom is -0.508 e. The molecule has 0 saturated heterocycles. The van der Waals surface area contributed by atoms with Crippen molar-refractivity contribution in [2.24, 2.45) is 0 Å². The molecule has 60 valence electrons. The number of hydrogen-bond acceptors (Lipinski definition) is 3. The second-order valence-electron chi connectivity index (χ2n) is 1.98. The summed E-state index contributed by atoms with van der Waals surface area (Å²) >= 11 is 1.91. The summed E-state index contributed by atoms with van der Waals surface area (Å²) in [5.74, 6) is 0.435. The topological polar surface area (TPSA) is 49.7 Å². The lowest BCUT2D eigenvalue weighted by molar-refractivity contribution is 0.366. The van der Waals surface area contributed by atoms with Crippen molar-refractivity contribution in [3.05, 3.63) is 15.7 Å². The maximum Gasteiger partial charge on any atom is 0.171 e. The van der Waals surface area contributed by atoms with Gasteiger partial charge >= 0.3 is 0 Å². The lowest BCUT2D eigenvalue weighted by atomic mass is 10.3. The average molecular weight is 266 g/mol. The SMILES string of the molecule is COc1cc(O)cc(I)c1O. The van der Waals surface area contributed by atoms with Gasteiger partial charge < -0.3 is 14.9 Å². The van der Waals surface area contributed by atoms with E-state index < -0.39 is 0 Å². The molecule has 2 N–H and O–H groups in total. The highest BCUT2D eigenvalue weighted by atomic mass is 127. The van der Waals surface area contributed by atoms with Gasteiger partial charge in [0, 0.05) is 6.07 Å². The fourth-order valence-electron chi connectivity index (χ4n) is 0.716. The van der Waals surface area contributed by atoms with Crippen molar-refractivity contribution in [3.63, 3.8) is 0 Å². The van der Waals surface area contributed by atoms with Crippen LogP contribution in [0.4, 0.5) is 0 Å².